The van der Waals surface area contributed by atoms with E-state index in [1.807, 2.05) is 23.1 Å². The van der Waals surface area contributed by atoms with Crippen LogP contribution in [0.3, 0.4) is 0 Å². The van der Waals surface area contributed by atoms with Gasteiger partial charge in [-0.1, -0.05) is 43.5 Å². The molecule has 1 amide bonds. The van der Waals surface area contributed by atoms with E-state index < -0.39 is 11.6 Å². The molecular weight excluding hydrogens is 492 g/mol. The van der Waals surface area contributed by atoms with Crippen molar-refractivity contribution in [2.45, 2.75) is 70.9 Å². The van der Waals surface area contributed by atoms with Crippen LogP contribution in [0.5, 0.6) is 5.75 Å². The van der Waals surface area contributed by atoms with E-state index in [4.69, 9.17) is 9.47 Å². The molecule has 0 bridgehead atoms. The summed E-state index contributed by atoms with van der Waals surface area (Å²) < 4.78 is 10.8. The Labute approximate surface area is 226 Å². The molecule has 2 aromatic rings. The second-order valence-corrected chi connectivity index (χ2v) is 10.2. The number of aryl methyl sites for hydroxylation is 1. The fraction of sp³-hybridized carbons (Fsp3) is 0.517. The minimum absolute atomic E-state index is 0. The SMILES string of the molecule is COCCN(CC(=O)Nc1ccc(C2CCCCC2)cc1C)Cc1ccc(OC(C)(C)C(=O)O)cc1.Cl. The van der Waals surface area contributed by atoms with Crippen LogP contribution in [-0.4, -0.2) is 54.3 Å². The number of carboxylic acid groups (broad SMARTS) is 1. The average molecular weight is 533 g/mol. The van der Waals surface area contributed by atoms with Crippen molar-refractivity contribution < 1.29 is 24.2 Å². The van der Waals surface area contributed by atoms with Crippen molar-refractivity contribution in [3.63, 3.8) is 0 Å². The third-order valence-corrected chi connectivity index (χ3v) is 6.80. The maximum atomic E-state index is 12.9. The molecule has 0 spiro atoms. The smallest absolute Gasteiger partial charge is 0.347 e. The zero-order valence-electron chi connectivity index (χ0n) is 22.4. The van der Waals surface area contributed by atoms with Gasteiger partial charge in [0.2, 0.25) is 5.91 Å². The van der Waals surface area contributed by atoms with E-state index in [0.29, 0.717) is 31.4 Å². The van der Waals surface area contributed by atoms with E-state index in [1.54, 1.807) is 19.2 Å². The number of rotatable bonds is 12. The van der Waals surface area contributed by atoms with Crippen molar-refractivity contribution in [1.82, 2.24) is 4.90 Å². The first-order chi connectivity index (χ1) is 17.2. The lowest BCUT2D eigenvalue weighted by molar-refractivity contribution is -0.152. The highest BCUT2D eigenvalue weighted by atomic mass is 35.5. The summed E-state index contributed by atoms with van der Waals surface area (Å²) in [4.78, 5) is 26.3. The summed E-state index contributed by atoms with van der Waals surface area (Å²) in [6.07, 6.45) is 6.45. The minimum atomic E-state index is -1.31. The van der Waals surface area contributed by atoms with Crippen molar-refractivity contribution in [3.05, 3.63) is 59.2 Å². The molecule has 0 unspecified atom stereocenters. The van der Waals surface area contributed by atoms with Gasteiger partial charge in [0, 0.05) is 25.9 Å². The van der Waals surface area contributed by atoms with E-state index in [9.17, 15) is 14.7 Å². The molecule has 2 N–H and O–H groups in total. The van der Waals surface area contributed by atoms with Gasteiger partial charge in [-0.05, 0) is 74.4 Å². The van der Waals surface area contributed by atoms with Gasteiger partial charge in [0.25, 0.3) is 0 Å². The Morgan fingerprint density at radius 2 is 1.76 bits per heavy atom. The van der Waals surface area contributed by atoms with Crippen LogP contribution >= 0.6 is 12.4 Å². The molecule has 0 aliphatic heterocycles. The molecule has 1 saturated carbocycles. The first-order valence-corrected chi connectivity index (χ1v) is 12.8. The Morgan fingerprint density at radius 1 is 1.08 bits per heavy atom. The predicted molar refractivity (Wildman–Crippen MR) is 149 cm³/mol. The Morgan fingerprint density at radius 3 is 2.35 bits per heavy atom. The molecule has 1 aliphatic carbocycles. The topological polar surface area (TPSA) is 88.1 Å². The molecule has 0 atom stereocenters. The number of amides is 1. The van der Waals surface area contributed by atoms with Gasteiger partial charge < -0.3 is 19.9 Å². The maximum Gasteiger partial charge on any atom is 0.347 e. The predicted octanol–water partition coefficient (Wildman–Crippen LogP) is 5.79. The normalized spacial score (nSPS) is 14.2. The molecule has 0 heterocycles. The Balaban J connectivity index is 0.00000481. The molecule has 0 radical (unpaired) electrons. The van der Waals surface area contributed by atoms with Gasteiger partial charge >= 0.3 is 5.97 Å². The average Bonchev–Trinajstić information content (AvgIpc) is 2.85. The molecule has 1 aliphatic rings. The second kappa shape index (κ2) is 14.4. The van der Waals surface area contributed by atoms with E-state index in [1.165, 1.54) is 51.5 Å². The Kier molecular flexibility index (Phi) is 11.9. The molecule has 0 aromatic heterocycles. The summed E-state index contributed by atoms with van der Waals surface area (Å²) in [5.74, 6) is 0.0307. The molecule has 1 fully saturated rings. The van der Waals surface area contributed by atoms with Gasteiger partial charge in [0.05, 0.1) is 13.2 Å². The third-order valence-electron chi connectivity index (χ3n) is 6.80. The molecule has 8 heteroatoms. The van der Waals surface area contributed by atoms with E-state index in [2.05, 4.69) is 24.4 Å². The molecule has 37 heavy (non-hydrogen) atoms. The van der Waals surface area contributed by atoms with Crippen molar-refractivity contribution in [1.29, 1.82) is 0 Å². The highest BCUT2D eigenvalue weighted by Gasteiger charge is 2.29. The summed E-state index contributed by atoms with van der Waals surface area (Å²) in [6.45, 7) is 6.99. The van der Waals surface area contributed by atoms with Crippen LogP contribution in [0.25, 0.3) is 0 Å². The Hall–Kier alpha value is -2.61. The monoisotopic (exact) mass is 532 g/mol. The largest absolute Gasteiger partial charge is 0.478 e. The van der Waals surface area contributed by atoms with Crippen LogP contribution in [0.15, 0.2) is 42.5 Å². The number of carboxylic acids is 1. The van der Waals surface area contributed by atoms with Gasteiger partial charge in [-0.15, -0.1) is 12.4 Å². The summed E-state index contributed by atoms with van der Waals surface area (Å²) in [5, 5.41) is 12.3. The summed E-state index contributed by atoms with van der Waals surface area (Å²) in [5.41, 5.74) is 3.01. The van der Waals surface area contributed by atoms with Crippen LogP contribution in [-0.2, 0) is 20.9 Å². The highest BCUT2D eigenvalue weighted by molar-refractivity contribution is 5.93. The number of ether oxygens (including phenoxy) is 2. The molecule has 2 aromatic carbocycles. The number of nitrogens with one attached hydrogen (secondary N) is 1. The van der Waals surface area contributed by atoms with Gasteiger partial charge in [-0.3, -0.25) is 9.69 Å². The van der Waals surface area contributed by atoms with Gasteiger partial charge in [0.1, 0.15) is 5.75 Å². The number of aliphatic carboxylic acids is 1. The molecular formula is C29H41ClN2O5. The van der Waals surface area contributed by atoms with E-state index >= 15 is 0 Å². The van der Waals surface area contributed by atoms with Gasteiger partial charge in [-0.2, -0.15) is 0 Å². The van der Waals surface area contributed by atoms with Crippen LogP contribution < -0.4 is 10.1 Å². The first-order valence-electron chi connectivity index (χ1n) is 12.8. The molecule has 7 nitrogen and oxygen atoms in total. The second-order valence-electron chi connectivity index (χ2n) is 10.2. The summed E-state index contributed by atoms with van der Waals surface area (Å²) >= 11 is 0. The van der Waals surface area contributed by atoms with Crippen LogP contribution in [0, 0.1) is 6.92 Å². The highest BCUT2D eigenvalue weighted by Crippen LogP contribution is 2.34. The maximum absolute atomic E-state index is 12.9. The molecule has 204 valence electrons. The van der Waals surface area contributed by atoms with E-state index in [0.717, 1.165) is 16.8 Å². The Bertz CT molecular complexity index is 1020. The van der Waals surface area contributed by atoms with Gasteiger partial charge in [0.15, 0.2) is 5.60 Å². The molecule has 0 saturated heterocycles. The van der Waals surface area contributed by atoms with Crippen LogP contribution in [0.2, 0.25) is 0 Å². The first kappa shape index (κ1) is 30.6. The number of anilines is 1. The number of carbonyl (C=O) groups excluding carboxylic acids is 1. The standard InChI is InChI=1S/C29H40N2O5.ClH/c1-21-18-24(23-8-6-5-7-9-23)12-15-26(21)30-27(32)20-31(16-17-35-4)19-22-10-13-25(14-11-22)36-29(2,3)28(33)34;/h10-15,18,23H,5-9,16-17,19-20H2,1-4H3,(H,30,32)(H,33,34);1H. The summed E-state index contributed by atoms with van der Waals surface area (Å²) in [7, 11) is 1.64. The third kappa shape index (κ3) is 9.33. The number of halogens is 1. The zero-order valence-corrected chi connectivity index (χ0v) is 23.2. The van der Waals surface area contributed by atoms with E-state index in [-0.39, 0.29) is 24.9 Å². The van der Waals surface area contributed by atoms with Gasteiger partial charge in [-0.25, -0.2) is 4.79 Å². The van der Waals surface area contributed by atoms with Crippen molar-refractivity contribution >= 4 is 30.0 Å². The lowest BCUT2D eigenvalue weighted by Crippen LogP contribution is -2.37. The van der Waals surface area contributed by atoms with Crippen molar-refractivity contribution in [3.8, 4) is 5.75 Å². The van der Waals surface area contributed by atoms with Crippen molar-refractivity contribution in [2.75, 3.05) is 32.1 Å². The van der Waals surface area contributed by atoms with Crippen molar-refractivity contribution in [2.24, 2.45) is 0 Å². The number of benzene rings is 2. The minimum Gasteiger partial charge on any atom is -0.478 e. The molecule has 3 rings (SSSR count). The summed E-state index contributed by atoms with van der Waals surface area (Å²) in [6, 6.07) is 13.7. The zero-order chi connectivity index (χ0) is 26.1. The number of nitrogens with zero attached hydrogens (tertiary/aromatic N) is 1. The number of carbonyl (C=O) groups is 2. The fourth-order valence-electron chi connectivity index (χ4n) is 4.60. The lowest BCUT2D eigenvalue weighted by Gasteiger charge is -2.24. The number of hydrogen-bond acceptors (Lipinski definition) is 5. The fourth-order valence-corrected chi connectivity index (χ4v) is 4.60. The quantitative estimate of drug-likeness (QED) is 0.359. The number of hydrogen-bond donors (Lipinski definition) is 2. The number of methoxy groups -OCH3 is 1. The van der Waals surface area contributed by atoms with Crippen LogP contribution in [0.1, 0.15) is 68.6 Å². The lowest BCUT2D eigenvalue weighted by atomic mass is 9.83. The van der Waals surface area contributed by atoms with Crippen LogP contribution in [0.4, 0.5) is 5.69 Å².